The van der Waals surface area contributed by atoms with Crippen LogP contribution in [-0.4, -0.2) is 54.7 Å². The molecule has 6 saturated carbocycles. The van der Waals surface area contributed by atoms with Crippen molar-refractivity contribution >= 4 is 40.1 Å². The van der Waals surface area contributed by atoms with Crippen molar-refractivity contribution in [2.45, 2.75) is 299 Å². The number of ether oxygens (including phenoxy) is 3. The molecule has 21 N–H and O–H groups in total. The summed E-state index contributed by atoms with van der Waals surface area (Å²) in [6, 6.07) is 49.6. The molecule has 7 aliphatic rings. The second-order valence-electron chi connectivity index (χ2n) is 39.1. The molecule has 7 aliphatic carbocycles. The fourth-order valence-electron chi connectivity index (χ4n) is 23.0. The van der Waals surface area contributed by atoms with Gasteiger partial charge in [0.2, 0.25) is 0 Å². The van der Waals surface area contributed by atoms with Gasteiger partial charge < -0.3 is 71.5 Å². The van der Waals surface area contributed by atoms with E-state index in [-0.39, 0.29) is 47.5 Å². The Morgan fingerprint density at radius 2 is 1.03 bits per heavy atom. The zero-order valence-corrected chi connectivity index (χ0v) is 76.7. The number of rotatable bonds is 24. The SMILES string of the molecule is CC(C)=CCCCC(C)C1CCC2(C)C3CC=C4C(C)(C)C(C(OO)c5cc(N)cc(N)c5)CCC4(C)C3CCC12C.CCc1cc(CC)cc(COC(=O)c2cc(N)cc(N)c2)c1.CCc1ccc(-c2ccc(OCC3CC(N)CC(N)C3)cc2)cc1.CCc1ccc(C2CCC(OCC3CC(N)CC(N)C3)CC2)cc1.CCc1ccc(N)cc1N. The van der Waals surface area contributed by atoms with Gasteiger partial charge in [0.05, 0.1) is 18.3 Å². The molecule has 122 heavy (non-hydrogen) atoms. The smallest absolute Gasteiger partial charge is 0.338 e. The fourth-order valence-corrected chi connectivity index (χ4v) is 23.0. The first kappa shape index (κ1) is 96.0. The molecule has 0 heterocycles. The van der Waals surface area contributed by atoms with E-state index >= 15 is 0 Å². The molecule has 0 spiro atoms. The van der Waals surface area contributed by atoms with Crippen LogP contribution in [0.2, 0.25) is 0 Å². The van der Waals surface area contributed by atoms with Gasteiger partial charge >= 0.3 is 5.97 Å². The second-order valence-corrected chi connectivity index (χ2v) is 39.1. The Kier molecular flexibility index (Phi) is 34.7. The van der Waals surface area contributed by atoms with E-state index in [2.05, 4.69) is 181 Å². The van der Waals surface area contributed by atoms with Gasteiger partial charge in [-0.15, -0.1) is 0 Å². The summed E-state index contributed by atoms with van der Waals surface area (Å²) in [5, 5.41) is 10.2. The molecule has 0 aliphatic heterocycles. The van der Waals surface area contributed by atoms with Gasteiger partial charge in [0.25, 0.3) is 0 Å². The molecule has 6 fully saturated rings. The van der Waals surface area contributed by atoms with Gasteiger partial charge in [-0.2, -0.15) is 0 Å². The topological polar surface area (TPSA) is 334 Å². The van der Waals surface area contributed by atoms with E-state index in [1.54, 1.807) is 35.9 Å². The molecule has 0 amide bonds. The number of anilines is 6. The molecule has 7 aromatic carbocycles. The summed E-state index contributed by atoms with van der Waals surface area (Å²) in [5.41, 5.74) is 79.4. The monoisotopic (exact) mass is 1670 g/mol. The number of hydrogen-bond donors (Lipinski definition) is 11. The summed E-state index contributed by atoms with van der Waals surface area (Å²) in [6.07, 6.45) is 33.8. The number of nitrogen functional groups attached to an aromatic ring is 6. The lowest BCUT2D eigenvalue weighted by Gasteiger charge is -2.65. The van der Waals surface area contributed by atoms with Gasteiger partial charge in [-0.25, -0.2) is 9.68 Å². The van der Waals surface area contributed by atoms with E-state index in [0.717, 1.165) is 148 Å². The number of allylic oxidation sites excluding steroid dienone is 4. The van der Waals surface area contributed by atoms with Crippen LogP contribution in [0.15, 0.2) is 169 Å². The molecule has 14 rings (SSSR count). The Morgan fingerprint density at radius 3 is 1.57 bits per heavy atom. The first-order valence-corrected chi connectivity index (χ1v) is 46.7. The van der Waals surface area contributed by atoms with Crippen LogP contribution in [0.1, 0.15) is 285 Å². The van der Waals surface area contributed by atoms with E-state index < -0.39 is 12.1 Å². The molecule has 0 saturated heterocycles. The van der Waals surface area contributed by atoms with Gasteiger partial charge in [0.1, 0.15) is 18.5 Å². The standard InChI is InChI=1S/C38H60N2O2.C21H34N2O.C21H28N2O.C18H22N2O2.C8H12N2/c1-24(2)11-9-10-12-25(3)29-16-19-38(8)31-13-14-33-35(4,5)32(34(42-41)26-21-27(39)23-28(40)22-26)15-18-36(33,6)30(31)17-20-37(29,38)7;2*1-2-15-3-5-17(6-4-15)18-7-9-21(10-8-18)24-14-16-11-19(22)13-20(23)12-16;1-3-12-5-13(4-2)7-14(6-12)11-22-18(21)15-8-16(19)10-17(20)9-15;1-2-6-3-4-7(9)5-8(6)10/h11,14,21-23,25,29-32,34,41H,9-10,12-13,15-20,39-40H2,1-8H3;3-6,16,18-21H,2,7-14,22-23H2,1H3;3-10,16,19-20H,2,11-14,22-23H2,1H3;5-10H,3-4,11,19-20H2,1-2H3;3-5H,2,9-10H2,1H3. The maximum Gasteiger partial charge on any atom is 0.338 e. The van der Waals surface area contributed by atoms with Crippen LogP contribution < -0.4 is 62.1 Å². The molecule has 16 nitrogen and oxygen atoms in total. The lowest BCUT2D eigenvalue weighted by atomic mass is 9.39. The third-order valence-electron chi connectivity index (χ3n) is 29.8. The quantitative estimate of drug-likeness (QED) is 0.00669. The Morgan fingerprint density at radius 1 is 0.516 bits per heavy atom. The summed E-state index contributed by atoms with van der Waals surface area (Å²) in [5.74, 6) is 5.49. The Balaban J connectivity index is 0.000000170. The number of carbonyl (C=O) groups excluding carboxylic acids is 1. The summed E-state index contributed by atoms with van der Waals surface area (Å²) >= 11 is 0. The highest BCUT2D eigenvalue weighted by molar-refractivity contribution is 5.91. The van der Waals surface area contributed by atoms with Crippen LogP contribution >= 0.6 is 0 Å². The summed E-state index contributed by atoms with van der Waals surface area (Å²) in [4.78, 5) is 17.4. The van der Waals surface area contributed by atoms with Crippen LogP contribution in [0.3, 0.4) is 0 Å². The number of carbonyl (C=O) groups is 1. The van der Waals surface area contributed by atoms with E-state index in [0.29, 0.717) is 69.6 Å². The first-order chi connectivity index (χ1) is 58.2. The molecule has 0 bridgehead atoms. The van der Waals surface area contributed by atoms with Crippen LogP contribution in [-0.2, 0) is 53.1 Å². The van der Waals surface area contributed by atoms with Crippen molar-refractivity contribution < 1.29 is 29.1 Å². The van der Waals surface area contributed by atoms with Crippen LogP contribution in [0, 0.1) is 63.1 Å². The van der Waals surface area contributed by atoms with E-state index in [1.165, 1.54) is 122 Å². The normalized spacial score (nSPS) is 27.3. The van der Waals surface area contributed by atoms with Crippen molar-refractivity contribution in [2.75, 3.05) is 47.6 Å². The number of nitrogens with two attached hydrogens (primary N) is 10. The lowest BCUT2D eigenvalue weighted by molar-refractivity contribution is -0.303. The van der Waals surface area contributed by atoms with Crippen LogP contribution in [0.5, 0.6) is 5.75 Å². The number of fused-ring (bicyclic) bond motifs is 5. The highest BCUT2D eigenvalue weighted by atomic mass is 17.1. The molecular formula is C106H156N10O6. The number of unbranched alkanes of at least 4 members (excludes halogenated alkanes) is 1. The second kappa shape index (κ2) is 44.1. The predicted molar refractivity (Wildman–Crippen MR) is 511 cm³/mol. The molecular weight excluding hydrogens is 1510 g/mol. The molecule has 13 atom stereocenters. The highest BCUT2D eigenvalue weighted by Gasteiger charge is 2.66. The van der Waals surface area contributed by atoms with Gasteiger partial charge in [-0.1, -0.05) is 191 Å². The third-order valence-corrected chi connectivity index (χ3v) is 29.8. The first-order valence-electron chi connectivity index (χ1n) is 46.7. The molecule has 7 aromatic rings. The van der Waals surface area contributed by atoms with E-state index in [1.807, 2.05) is 36.4 Å². The van der Waals surface area contributed by atoms with Gasteiger partial charge in [0, 0.05) is 70.8 Å². The van der Waals surface area contributed by atoms with E-state index in [4.69, 9.17) is 76.4 Å². The molecule has 13 unspecified atom stereocenters. The van der Waals surface area contributed by atoms with Crippen LogP contribution in [0.25, 0.3) is 11.1 Å². The average Bonchev–Trinajstić information content (AvgIpc) is 1.38. The molecule has 0 aromatic heterocycles. The van der Waals surface area contributed by atoms with Crippen molar-refractivity contribution in [3.8, 4) is 16.9 Å². The summed E-state index contributed by atoms with van der Waals surface area (Å²) in [6.45, 7) is 32.2. The van der Waals surface area contributed by atoms with Gasteiger partial charge in [-0.05, 0) is 347 Å². The third kappa shape index (κ3) is 24.9. The Bertz CT molecular complexity index is 4430. The molecule has 0 radical (unpaired) electrons. The largest absolute Gasteiger partial charge is 0.493 e. The number of esters is 1. The van der Waals surface area contributed by atoms with Crippen molar-refractivity contribution in [3.63, 3.8) is 0 Å². The maximum atomic E-state index is 12.1. The summed E-state index contributed by atoms with van der Waals surface area (Å²) < 4.78 is 17.6. The molecule has 666 valence electrons. The lowest BCUT2D eigenvalue weighted by Crippen LogP contribution is -2.57. The zero-order valence-electron chi connectivity index (χ0n) is 76.7. The minimum atomic E-state index is -0.449. The summed E-state index contributed by atoms with van der Waals surface area (Å²) in [7, 11) is 0. The van der Waals surface area contributed by atoms with Gasteiger partial charge in [-0.3, -0.25) is 5.26 Å². The number of aryl methyl sites for hydroxylation is 5. The highest BCUT2D eigenvalue weighted by Crippen LogP contribution is 2.74. The minimum absolute atomic E-state index is 0.107. The van der Waals surface area contributed by atoms with Crippen molar-refractivity contribution in [1.29, 1.82) is 0 Å². The molecule has 16 heteroatoms. The average molecular weight is 1670 g/mol. The number of hydrogen-bond acceptors (Lipinski definition) is 16. The van der Waals surface area contributed by atoms with Crippen molar-refractivity contribution in [3.05, 3.63) is 219 Å². The van der Waals surface area contributed by atoms with Crippen molar-refractivity contribution in [2.24, 2.45) is 86.0 Å². The Hall–Kier alpha value is -8.19. The van der Waals surface area contributed by atoms with E-state index in [9.17, 15) is 10.1 Å². The zero-order chi connectivity index (χ0) is 88.2. The Labute approximate surface area is 733 Å². The fraction of sp³-hybridized carbons (Fsp3) is 0.557. The van der Waals surface area contributed by atoms with Gasteiger partial charge in [0.15, 0.2) is 0 Å². The van der Waals surface area contributed by atoms with Crippen LogP contribution in [0.4, 0.5) is 34.1 Å². The number of benzene rings is 7. The maximum absolute atomic E-state index is 12.1. The predicted octanol–water partition coefficient (Wildman–Crippen LogP) is 22.6. The minimum Gasteiger partial charge on any atom is -0.493 e. The van der Waals surface area contributed by atoms with Crippen molar-refractivity contribution in [1.82, 2.24) is 0 Å².